The molecular formula is C96H121IN15O16PSn. The second-order valence-electron chi connectivity index (χ2n) is 29.1. The molecule has 0 saturated heterocycles. The number of hydrogen-bond donors (Lipinski definition) is 3. The quantitative estimate of drug-likeness (QED) is 0.00480. The van der Waals surface area contributed by atoms with Gasteiger partial charge in [-0.1, -0.05) is 43.3 Å². The van der Waals surface area contributed by atoms with Crippen molar-refractivity contribution in [2.45, 2.75) is 161 Å². The van der Waals surface area contributed by atoms with Crippen LogP contribution in [0.4, 0.5) is 0 Å². The van der Waals surface area contributed by atoms with Crippen molar-refractivity contribution in [3.8, 4) is 17.2 Å². The molecule has 3 N–H and O–H groups in total. The van der Waals surface area contributed by atoms with Gasteiger partial charge in [-0.2, -0.15) is 25.5 Å². The average Bonchev–Trinajstić information content (AvgIpc) is 1.63. The van der Waals surface area contributed by atoms with E-state index in [0.29, 0.717) is 80.5 Å². The number of ketones is 1. The summed E-state index contributed by atoms with van der Waals surface area (Å²) in [6, 6.07) is 42.4. The molecule has 10 heterocycles. The van der Waals surface area contributed by atoms with Crippen LogP contribution in [0.5, 0.6) is 17.2 Å². The van der Waals surface area contributed by atoms with E-state index in [-0.39, 0.29) is 23.7 Å². The first-order valence-corrected chi connectivity index (χ1v) is 53.3. The number of rotatable bonds is 36. The Morgan fingerprint density at radius 1 is 0.454 bits per heavy atom. The van der Waals surface area contributed by atoms with E-state index in [9.17, 15) is 24.0 Å². The fourth-order valence-corrected chi connectivity index (χ4v) is 30.0. The fourth-order valence-electron chi connectivity index (χ4n) is 13.5. The van der Waals surface area contributed by atoms with E-state index in [1.54, 1.807) is 83.8 Å². The maximum atomic E-state index is 11.8. The zero-order valence-electron chi connectivity index (χ0n) is 77.2. The monoisotopic (exact) mass is 2020 g/mol. The molecule has 0 aliphatic rings. The number of carboxylic acids is 1. The third-order valence-corrected chi connectivity index (χ3v) is 37.6. The summed E-state index contributed by atoms with van der Waals surface area (Å²) in [6.45, 7) is 34.1. The van der Waals surface area contributed by atoms with Gasteiger partial charge in [-0.25, -0.2) is 53.3 Å². The van der Waals surface area contributed by atoms with E-state index in [0.717, 1.165) is 117 Å². The van der Waals surface area contributed by atoms with E-state index in [1.807, 2.05) is 171 Å². The number of carboxylic acid groups (broad SMARTS) is 1. The van der Waals surface area contributed by atoms with Crippen molar-refractivity contribution in [1.82, 2.24) is 74.7 Å². The Hall–Kier alpha value is -12.0. The molecule has 13 rings (SSSR count). The normalized spacial score (nSPS) is 11.3. The van der Waals surface area contributed by atoms with Crippen molar-refractivity contribution >= 4 is 151 Å². The van der Waals surface area contributed by atoms with Gasteiger partial charge in [0.25, 0.3) is 0 Å². The van der Waals surface area contributed by atoms with Gasteiger partial charge < -0.3 is 38.1 Å². The molecule has 3 aromatic carbocycles. The molecule has 0 amide bonds. The number of esters is 3. The number of benzene rings is 3. The van der Waals surface area contributed by atoms with E-state index < -0.39 is 32.5 Å². The molecule has 0 aliphatic carbocycles. The van der Waals surface area contributed by atoms with E-state index in [2.05, 4.69) is 117 Å². The first-order chi connectivity index (χ1) is 62.9. The number of methoxy groups -OCH3 is 3. The number of aromatic nitrogens is 15. The van der Waals surface area contributed by atoms with Gasteiger partial charge >= 0.3 is 143 Å². The molecule has 1 unspecified atom stereocenters. The molecular weight excluding hydrogens is 1900 g/mol. The van der Waals surface area contributed by atoms with Gasteiger partial charge in [0, 0.05) is 97.0 Å². The number of halogens is 1. The molecule has 31 nitrogen and oxygen atoms in total. The molecule has 0 radical (unpaired) electrons. The smallest absolute Gasteiger partial charge is 0.331 e. The minimum Gasteiger partial charge on any atom is -0.497 e. The third kappa shape index (κ3) is 33.2. The van der Waals surface area contributed by atoms with Gasteiger partial charge in [-0.3, -0.25) is 19.8 Å². The summed E-state index contributed by atoms with van der Waals surface area (Å²) in [5.74, 6) is 0.599. The van der Waals surface area contributed by atoms with Crippen LogP contribution in [-0.2, 0) is 62.3 Å². The van der Waals surface area contributed by atoms with Gasteiger partial charge in [0.05, 0.1) is 94.8 Å². The molecule has 0 spiro atoms. The van der Waals surface area contributed by atoms with Crippen LogP contribution in [0.2, 0.25) is 13.3 Å². The zero-order valence-corrected chi connectivity index (χ0v) is 83.1. The first-order valence-electron chi connectivity index (χ1n) is 43.1. The average molecular weight is 2020 g/mol. The largest absolute Gasteiger partial charge is 0.497 e. The summed E-state index contributed by atoms with van der Waals surface area (Å²) in [5, 5.41) is 40.4. The predicted molar refractivity (Wildman–Crippen MR) is 524 cm³/mol. The number of hydrogen-bond acceptors (Lipinski definition) is 25. The fraction of sp³-hybridized carbons (Fsp3) is 0.365. The molecule has 10 aromatic heterocycles. The van der Waals surface area contributed by atoms with Gasteiger partial charge in [0.2, 0.25) is 0 Å². The van der Waals surface area contributed by atoms with Crippen LogP contribution >= 0.6 is 30.7 Å². The summed E-state index contributed by atoms with van der Waals surface area (Å²) in [5.41, 5.74) is 11.8. The number of Topliss-reactive ketones (excluding diaryl/α,β-unsaturated/α-hetero) is 1. The Morgan fingerprint density at radius 2 is 0.815 bits per heavy atom. The van der Waals surface area contributed by atoms with Crippen LogP contribution in [0.1, 0.15) is 173 Å². The third-order valence-electron chi connectivity index (χ3n) is 19.9. The number of carbonyl (C=O) groups excluding carboxylic acids is 4. The second-order valence-corrected chi connectivity index (χ2v) is 45.5. The number of nitrogens with zero attached hydrogens (tertiary/aromatic N) is 13. The maximum absolute atomic E-state index is 11.8. The van der Waals surface area contributed by atoms with E-state index >= 15 is 0 Å². The van der Waals surface area contributed by atoms with Crippen molar-refractivity contribution in [1.29, 1.82) is 0 Å². The van der Waals surface area contributed by atoms with Crippen molar-refractivity contribution in [3.05, 3.63) is 246 Å². The summed E-state index contributed by atoms with van der Waals surface area (Å²) in [6.07, 6.45) is 22.1. The van der Waals surface area contributed by atoms with Gasteiger partial charge in [0.1, 0.15) is 26.6 Å². The summed E-state index contributed by atoms with van der Waals surface area (Å²) >= 11 is -0.00199. The molecule has 34 heteroatoms. The number of H-pyrrole nitrogens is 2. The minimum atomic E-state index is -2.24. The van der Waals surface area contributed by atoms with Crippen LogP contribution < -0.4 is 14.2 Å². The first kappa shape index (κ1) is 107. The molecule has 0 fully saturated rings. The number of fused-ring (bicyclic) bond motifs is 5. The SMILES string of the molecule is C/C(=C\C(=O)O)c1[nH]nc2ncccc12.C=[C](OCC)[Sn]([CH2]CCC)([CH2]CCC)[CH2]CCC.CCOC(=O)/C=C(\C)c1[nH]nc2ncccc12.CCOC(=O)/C=C(\C)c1nn(Cc2ccc(OC)cc2)c2ncccc12.CCOC(=O)CP(CC)OCC.COc1ccc(Cn2nc(C(C)=O)c3cccnc32)cc1.COc1ccc(Cn2nc(I)c3cccnc32)cc1.O=O. The molecule has 692 valence electrons. The number of allylic oxidation sites excluding steroid dienone is 3. The number of carbonyl (C=O) groups is 5. The number of nitrogens with one attached hydrogen (secondary N) is 2. The Labute approximate surface area is 778 Å². The van der Waals surface area contributed by atoms with Crippen molar-refractivity contribution in [2.24, 2.45) is 0 Å². The number of aromatic amines is 2. The predicted octanol–water partition coefficient (Wildman–Crippen LogP) is 20.6. The maximum Gasteiger partial charge on any atom is 0.331 e. The van der Waals surface area contributed by atoms with Crippen molar-refractivity contribution in [2.75, 3.05) is 66.7 Å². The molecule has 130 heavy (non-hydrogen) atoms. The Kier molecular flexibility index (Phi) is 47.5. The van der Waals surface area contributed by atoms with Gasteiger partial charge in [-0.05, 0) is 208 Å². The molecule has 0 saturated carbocycles. The van der Waals surface area contributed by atoms with E-state index in [4.69, 9.17) is 52.7 Å². The molecule has 0 aliphatic heterocycles. The summed E-state index contributed by atoms with van der Waals surface area (Å²) in [4.78, 5) is 91.7. The van der Waals surface area contributed by atoms with Crippen LogP contribution in [0.25, 0.3) is 71.9 Å². The Balaban J connectivity index is 0.000000235. The number of unbranched alkanes of at least 4 members (excludes halogenated alkanes) is 3. The van der Waals surface area contributed by atoms with Crippen molar-refractivity contribution < 1.29 is 66.8 Å². The van der Waals surface area contributed by atoms with E-state index in [1.165, 1.54) is 80.2 Å². The molecule has 0 bridgehead atoms. The second kappa shape index (κ2) is 57.8. The number of pyridine rings is 5. The summed E-state index contributed by atoms with van der Waals surface area (Å²) < 4.78 is 53.6. The Morgan fingerprint density at radius 3 is 1.19 bits per heavy atom. The molecule has 1 atom stereocenters. The molecule has 13 aromatic rings. The van der Waals surface area contributed by atoms with Crippen LogP contribution in [-0.4, -0.2) is 194 Å². The zero-order chi connectivity index (χ0) is 94.9. The van der Waals surface area contributed by atoms with Crippen LogP contribution in [0.15, 0.2) is 193 Å². The van der Waals surface area contributed by atoms with Crippen LogP contribution in [0, 0.1) is 13.6 Å². The van der Waals surface area contributed by atoms with Gasteiger partial charge in [0.15, 0.2) is 34.0 Å². The number of aliphatic carboxylic acids is 1. The Bertz CT molecular complexity index is 5770. The van der Waals surface area contributed by atoms with Gasteiger partial charge in [-0.15, -0.1) is 0 Å². The standard InChI is InChI=1S/C20H21N3O3.C16H15N3O2.C14H12IN3O.C12H13N3O2.C10H9N3O2.C8H17O3P.C4H7O.3C4H9.O2.Sn/c1-4-26-18(24)12-14(2)19-17-6-5-11-21-20(17)23(22-19)13-15-7-9-16(25-3)10-8-15;1-11(20)15-14-4-3-9-17-16(14)19(18-15)10-12-5-7-13(21-2)8-6-12;1-19-11-6-4-10(5-7-11)9-18-14-12(13(15)17-18)3-2-8-16-14;1-3-17-10(16)7-8(2)11-9-5-4-6-13-12(9)15-14-11;1-6(5-8(14)15)9-7-3-2-4-11-10(7)13-12-9;1-4-10-8(9)7-12(6-3)11-5-2;1-3-5-4-2;3*1-3-4-2;1-2;/h5-12H,4,13H2,1-3H3;3-9H,10H2,1-2H3;2-8H,9H2,1H3;4-7H,3H2,1-2H3,(H,13,14,15);2-5H,1H3,(H,14,15)(H,11,12,13);4-7H2,1-3H3;1,4H2,2H3;3*1,3-4H2,2H3;;/b14-12+;;;8-7+;6-5+;;;;;;;. The van der Waals surface area contributed by atoms with Crippen molar-refractivity contribution in [3.63, 3.8) is 0 Å². The topological polar surface area (TPSA) is 389 Å². The number of ether oxygens (including phenoxy) is 7. The minimum absolute atomic E-state index is 0.0542. The summed E-state index contributed by atoms with van der Waals surface area (Å²) in [7, 11) is 4.37. The van der Waals surface area contributed by atoms with Crippen LogP contribution in [0.3, 0.4) is 0 Å².